The Kier molecular flexibility index (Phi) is 4.31. The molecule has 0 aromatic heterocycles. The molecule has 2 atom stereocenters. The summed E-state index contributed by atoms with van der Waals surface area (Å²) in [5, 5.41) is 3.75. The van der Waals surface area contributed by atoms with Crippen LogP contribution in [0.1, 0.15) is 19.8 Å². The van der Waals surface area contributed by atoms with Crippen LogP contribution in [-0.4, -0.2) is 31.1 Å². The Bertz CT molecular complexity index is 282. The summed E-state index contributed by atoms with van der Waals surface area (Å²) in [6.07, 6.45) is 2.28. The Morgan fingerprint density at radius 1 is 1.64 bits per heavy atom. The summed E-state index contributed by atoms with van der Waals surface area (Å²) in [7, 11) is 2.10. The molecule has 0 saturated carbocycles. The average Bonchev–Trinajstić information content (AvgIpc) is 2.17. The van der Waals surface area contributed by atoms with E-state index in [0.717, 1.165) is 19.5 Å². The van der Waals surface area contributed by atoms with Crippen LogP contribution in [-0.2, 0) is 0 Å². The zero-order chi connectivity index (χ0) is 10.4. The van der Waals surface area contributed by atoms with Crippen LogP contribution in [0.4, 0.5) is 0 Å². The average molecular weight is 192 g/mol. The fraction of sp³-hybridized carbons (Fsp3) is 0.800. The topological polar surface area (TPSA) is 52.0 Å². The third-order valence-corrected chi connectivity index (χ3v) is 2.58. The Hall–Kier alpha value is -1.17. The summed E-state index contributed by atoms with van der Waals surface area (Å²) >= 11 is 0. The van der Waals surface area contributed by atoms with Crippen molar-refractivity contribution < 1.29 is 0 Å². The fourth-order valence-corrected chi connectivity index (χ4v) is 1.91. The molecule has 1 rings (SSSR count). The van der Waals surface area contributed by atoms with Crippen LogP contribution < -0.4 is 0 Å². The van der Waals surface area contributed by atoms with Crippen molar-refractivity contribution in [2.75, 3.05) is 20.1 Å². The minimum Gasteiger partial charge on any atom is -0.306 e. The van der Waals surface area contributed by atoms with E-state index in [1.165, 1.54) is 6.42 Å². The SMILES string of the molecule is CC#CC(N=[N+]=[N-])C1CCCN(C)C1. The molecule has 0 N–H and O–H groups in total. The molecule has 0 aromatic rings. The van der Waals surface area contributed by atoms with E-state index in [0.29, 0.717) is 5.92 Å². The van der Waals surface area contributed by atoms with Gasteiger partial charge in [0, 0.05) is 11.5 Å². The standard InChI is InChI=1S/C10H16N4/c1-3-5-10(12-13-11)9-6-4-7-14(2)8-9/h9-10H,4,6-8H2,1-2H3. The second-order valence-electron chi connectivity index (χ2n) is 3.71. The van der Waals surface area contributed by atoms with Crippen LogP contribution in [0.5, 0.6) is 0 Å². The Morgan fingerprint density at radius 2 is 2.43 bits per heavy atom. The summed E-state index contributed by atoms with van der Waals surface area (Å²) in [6.45, 7) is 3.91. The molecule has 76 valence electrons. The molecule has 1 fully saturated rings. The van der Waals surface area contributed by atoms with Gasteiger partial charge in [-0.25, -0.2) is 0 Å². The molecule has 1 aliphatic rings. The van der Waals surface area contributed by atoms with Gasteiger partial charge in [-0.1, -0.05) is 11.0 Å². The monoisotopic (exact) mass is 192 g/mol. The van der Waals surface area contributed by atoms with Crippen LogP contribution in [0, 0.1) is 17.8 Å². The van der Waals surface area contributed by atoms with E-state index in [2.05, 4.69) is 33.8 Å². The van der Waals surface area contributed by atoms with E-state index in [4.69, 9.17) is 5.53 Å². The Morgan fingerprint density at radius 3 is 3.00 bits per heavy atom. The molecule has 0 aromatic carbocycles. The van der Waals surface area contributed by atoms with Crippen molar-refractivity contribution in [3.63, 3.8) is 0 Å². The van der Waals surface area contributed by atoms with E-state index in [1.807, 2.05) is 0 Å². The summed E-state index contributed by atoms with van der Waals surface area (Å²) in [6, 6.07) is -0.146. The van der Waals surface area contributed by atoms with Gasteiger partial charge in [0.1, 0.15) is 6.04 Å². The zero-order valence-corrected chi connectivity index (χ0v) is 8.77. The first-order valence-electron chi connectivity index (χ1n) is 4.93. The zero-order valence-electron chi connectivity index (χ0n) is 8.77. The molecule has 4 nitrogen and oxygen atoms in total. The van der Waals surface area contributed by atoms with Crippen molar-refractivity contribution >= 4 is 0 Å². The molecule has 1 aliphatic heterocycles. The van der Waals surface area contributed by atoms with Gasteiger partial charge in [0.15, 0.2) is 0 Å². The van der Waals surface area contributed by atoms with Crippen molar-refractivity contribution in [3.05, 3.63) is 10.4 Å². The van der Waals surface area contributed by atoms with Gasteiger partial charge in [-0.05, 0) is 44.8 Å². The van der Waals surface area contributed by atoms with Crippen LogP contribution in [0.25, 0.3) is 10.4 Å². The van der Waals surface area contributed by atoms with Crippen LogP contribution in [0.2, 0.25) is 0 Å². The smallest absolute Gasteiger partial charge is 0.103 e. The molecule has 1 saturated heterocycles. The van der Waals surface area contributed by atoms with Gasteiger partial charge in [-0.15, -0.1) is 5.92 Å². The van der Waals surface area contributed by atoms with Crippen molar-refractivity contribution in [2.24, 2.45) is 11.0 Å². The van der Waals surface area contributed by atoms with E-state index in [-0.39, 0.29) is 6.04 Å². The third kappa shape index (κ3) is 2.95. The van der Waals surface area contributed by atoms with E-state index in [9.17, 15) is 0 Å². The summed E-state index contributed by atoms with van der Waals surface area (Å²) in [5.41, 5.74) is 8.44. The number of azide groups is 1. The number of hydrogen-bond acceptors (Lipinski definition) is 2. The lowest BCUT2D eigenvalue weighted by molar-refractivity contribution is 0.201. The van der Waals surface area contributed by atoms with Gasteiger partial charge in [0.25, 0.3) is 0 Å². The van der Waals surface area contributed by atoms with Gasteiger partial charge < -0.3 is 4.90 Å². The molecule has 0 aliphatic carbocycles. The number of likely N-dealkylation sites (tertiary alicyclic amines) is 1. The highest BCUT2D eigenvalue weighted by atomic mass is 15.2. The molecule has 0 bridgehead atoms. The quantitative estimate of drug-likeness (QED) is 0.286. The first-order chi connectivity index (χ1) is 6.77. The second-order valence-corrected chi connectivity index (χ2v) is 3.71. The van der Waals surface area contributed by atoms with Gasteiger partial charge in [0.05, 0.1) is 0 Å². The van der Waals surface area contributed by atoms with Crippen molar-refractivity contribution in [1.82, 2.24) is 4.90 Å². The first kappa shape index (κ1) is 10.9. The highest BCUT2D eigenvalue weighted by Gasteiger charge is 2.23. The molecular weight excluding hydrogens is 176 g/mol. The van der Waals surface area contributed by atoms with Crippen molar-refractivity contribution in [3.8, 4) is 11.8 Å². The summed E-state index contributed by atoms with van der Waals surface area (Å²) < 4.78 is 0. The summed E-state index contributed by atoms with van der Waals surface area (Å²) in [5.74, 6) is 6.21. The van der Waals surface area contributed by atoms with Gasteiger partial charge in [-0.2, -0.15) is 0 Å². The van der Waals surface area contributed by atoms with E-state index >= 15 is 0 Å². The molecule has 0 radical (unpaired) electrons. The molecule has 14 heavy (non-hydrogen) atoms. The Balaban J connectivity index is 2.65. The maximum atomic E-state index is 8.44. The Labute approximate surface area is 84.9 Å². The largest absolute Gasteiger partial charge is 0.306 e. The number of hydrogen-bond donors (Lipinski definition) is 0. The number of rotatable bonds is 2. The molecule has 4 heteroatoms. The highest BCUT2D eigenvalue weighted by Crippen LogP contribution is 2.20. The second kappa shape index (κ2) is 5.54. The lowest BCUT2D eigenvalue weighted by Crippen LogP contribution is -2.36. The lowest BCUT2D eigenvalue weighted by atomic mass is 9.91. The predicted octanol–water partition coefficient (Wildman–Crippen LogP) is 2.03. The predicted molar refractivity (Wildman–Crippen MR) is 56.6 cm³/mol. The first-order valence-corrected chi connectivity index (χ1v) is 4.93. The minimum absolute atomic E-state index is 0.146. The van der Waals surface area contributed by atoms with E-state index < -0.39 is 0 Å². The van der Waals surface area contributed by atoms with Crippen molar-refractivity contribution in [1.29, 1.82) is 0 Å². The van der Waals surface area contributed by atoms with Gasteiger partial charge in [0.2, 0.25) is 0 Å². The normalized spacial score (nSPS) is 24.3. The van der Waals surface area contributed by atoms with Gasteiger partial charge in [-0.3, -0.25) is 0 Å². The van der Waals surface area contributed by atoms with Crippen LogP contribution in [0.3, 0.4) is 0 Å². The third-order valence-electron chi connectivity index (χ3n) is 2.58. The molecule has 2 unspecified atom stereocenters. The van der Waals surface area contributed by atoms with Crippen LogP contribution in [0.15, 0.2) is 5.11 Å². The molecular formula is C10H16N4. The van der Waals surface area contributed by atoms with Crippen molar-refractivity contribution in [2.45, 2.75) is 25.8 Å². The van der Waals surface area contributed by atoms with Crippen LogP contribution >= 0.6 is 0 Å². The van der Waals surface area contributed by atoms with Gasteiger partial charge >= 0.3 is 0 Å². The minimum atomic E-state index is -0.146. The highest BCUT2D eigenvalue weighted by molar-refractivity contribution is 5.09. The lowest BCUT2D eigenvalue weighted by Gasteiger charge is -2.31. The molecule has 0 amide bonds. The fourth-order valence-electron chi connectivity index (χ4n) is 1.91. The maximum absolute atomic E-state index is 8.44. The maximum Gasteiger partial charge on any atom is 0.103 e. The summed E-state index contributed by atoms with van der Waals surface area (Å²) in [4.78, 5) is 5.13. The van der Waals surface area contributed by atoms with E-state index in [1.54, 1.807) is 6.92 Å². The number of piperidine rings is 1. The number of nitrogens with zero attached hydrogens (tertiary/aromatic N) is 4. The molecule has 1 heterocycles. The molecule has 0 spiro atoms.